The van der Waals surface area contributed by atoms with Crippen LogP contribution in [0.2, 0.25) is 0 Å². The van der Waals surface area contributed by atoms with E-state index in [-0.39, 0.29) is 0 Å². The lowest BCUT2D eigenvalue weighted by atomic mass is 9.95. The fourth-order valence-corrected chi connectivity index (χ4v) is 9.37. The van der Waals surface area contributed by atoms with Gasteiger partial charge in [0.05, 0.1) is 5.69 Å². The number of hydrogen-bond acceptors (Lipinski definition) is 2. The van der Waals surface area contributed by atoms with E-state index in [1.54, 1.807) is 0 Å². The van der Waals surface area contributed by atoms with Gasteiger partial charge in [-0.05, 0) is 121 Å². The van der Waals surface area contributed by atoms with Crippen molar-refractivity contribution < 1.29 is 4.42 Å². The van der Waals surface area contributed by atoms with Crippen LogP contribution in [0.25, 0.3) is 99.1 Å². The fourth-order valence-electron chi connectivity index (χ4n) is 9.37. The molecule has 1 aromatic heterocycles. The summed E-state index contributed by atoms with van der Waals surface area (Å²) in [7, 11) is 0. The predicted molar refractivity (Wildman–Crippen MR) is 271 cm³/mol. The van der Waals surface area contributed by atoms with Gasteiger partial charge in [-0.15, -0.1) is 0 Å². The van der Waals surface area contributed by atoms with Crippen molar-refractivity contribution in [2.75, 3.05) is 4.90 Å². The SMILES string of the molecule is c1cc(-c2ccc(-c3ccccc3N(c3ccc(-c4ccc5ccccc5c4)cc3)c3ccc(-c4cccc5c4oc4ccccc45)cc3)cc2)cc(-c2ccc3ccccc3c2)c1. The highest BCUT2D eigenvalue weighted by Gasteiger charge is 2.19. The third kappa shape index (κ3) is 6.79. The normalized spacial score (nSPS) is 11.4. The van der Waals surface area contributed by atoms with E-state index >= 15 is 0 Å². The lowest BCUT2D eigenvalue weighted by Gasteiger charge is -2.28. The second-order valence-corrected chi connectivity index (χ2v) is 16.5. The Morgan fingerprint density at radius 2 is 0.703 bits per heavy atom. The molecule has 0 atom stereocenters. The molecule has 0 saturated carbocycles. The van der Waals surface area contributed by atoms with Gasteiger partial charge in [0.25, 0.3) is 0 Å². The van der Waals surface area contributed by atoms with Gasteiger partial charge in [0, 0.05) is 33.3 Å². The largest absolute Gasteiger partial charge is 0.455 e. The van der Waals surface area contributed by atoms with Crippen LogP contribution in [0.15, 0.2) is 253 Å². The summed E-state index contributed by atoms with van der Waals surface area (Å²) in [6.07, 6.45) is 0. The van der Waals surface area contributed by atoms with Gasteiger partial charge in [-0.1, -0.05) is 194 Å². The first-order valence-corrected chi connectivity index (χ1v) is 21.9. The minimum Gasteiger partial charge on any atom is -0.455 e. The maximum absolute atomic E-state index is 6.46. The Kier molecular flexibility index (Phi) is 9.20. The van der Waals surface area contributed by atoms with Crippen LogP contribution in [0.1, 0.15) is 0 Å². The predicted octanol–water partition coefficient (Wildman–Crippen LogP) is 17.7. The average Bonchev–Trinajstić information content (AvgIpc) is 3.76. The molecule has 0 radical (unpaired) electrons. The monoisotopic (exact) mass is 815 g/mol. The number of fused-ring (bicyclic) bond motifs is 5. The third-order valence-electron chi connectivity index (χ3n) is 12.7. The average molecular weight is 816 g/mol. The van der Waals surface area contributed by atoms with Crippen molar-refractivity contribution >= 4 is 60.5 Å². The summed E-state index contributed by atoms with van der Waals surface area (Å²) in [4.78, 5) is 2.38. The number of para-hydroxylation sites is 3. The molecule has 300 valence electrons. The van der Waals surface area contributed by atoms with Crippen LogP contribution in [-0.4, -0.2) is 0 Å². The van der Waals surface area contributed by atoms with E-state index in [9.17, 15) is 0 Å². The van der Waals surface area contributed by atoms with E-state index in [1.807, 2.05) is 12.1 Å². The fraction of sp³-hybridized carbons (Fsp3) is 0. The van der Waals surface area contributed by atoms with Crippen LogP contribution in [0.5, 0.6) is 0 Å². The summed E-state index contributed by atoms with van der Waals surface area (Å²) >= 11 is 0. The zero-order valence-electron chi connectivity index (χ0n) is 35.0. The van der Waals surface area contributed by atoms with Crippen LogP contribution in [0, 0.1) is 0 Å². The molecule has 0 aliphatic heterocycles. The lowest BCUT2D eigenvalue weighted by molar-refractivity contribution is 0.670. The van der Waals surface area contributed by atoms with Gasteiger partial charge in [-0.2, -0.15) is 0 Å². The molecule has 0 aliphatic carbocycles. The smallest absolute Gasteiger partial charge is 0.143 e. The van der Waals surface area contributed by atoms with Crippen LogP contribution in [0.4, 0.5) is 17.1 Å². The second kappa shape index (κ2) is 15.8. The molecule has 2 heteroatoms. The van der Waals surface area contributed by atoms with E-state index in [4.69, 9.17) is 4.42 Å². The molecule has 11 aromatic carbocycles. The molecule has 0 bridgehead atoms. The molecule has 12 rings (SSSR count). The molecule has 12 aromatic rings. The van der Waals surface area contributed by atoms with Gasteiger partial charge < -0.3 is 9.32 Å². The van der Waals surface area contributed by atoms with Crippen LogP contribution >= 0.6 is 0 Å². The molecule has 2 nitrogen and oxygen atoms in total. The van der Waals surface area contributed by atoms with E-state index in [0.717, 1.165) is 61.3 Å². The summed E-state index contributed by atoms with van der Waals surface area (Å²) in [5, 5.41) is 7.24. The van der Waals surface area contributed by atoms with Gasteiger partial charge >= 0.3 is 0 Å². The molecule has 0 amide bonds. The summed E-state index contributed by atoms with van der Waals surface area (Å²) in [5.74, 6) is 0. The topological polar surface area (TPSA) is 16.4 Å². The minimum atomic E-state index is 0.902. The van der Waals surface area contributed by atoms with Crippen molar-refractivity contribution in [3.8, 4) is 55.6 Å². The maximum atomic E-state index is 6.46. The molecule has 1 heterocycles. The van der Waals surface area contributed by atoms with Crippen molar-refractivity contribution in [3.05, 3.63) is 249 Å². The van der Waals surface area contributed by atoms with Crippen molar-refractivity contribution in [2.45, 2.75) is 0 Å². The van der Waals surface area contributed by atoms with Crippen molar-refractivity contribution in [2.24, 2.45) is 0 Å². The first-order valence-electron chi connectivity index (χ1n) is 21.9. The summed E-state index contributed by atoms with van der Waals surface area (Å²) in [5.41, 5.74) is 16.7. The number of furan rings is 1. The quantitative estimate of drug-likeness (QED) is 0.152. The van der Waals surface area contributed by atoms with E-state index in [0.29, 0.717) is 0 Å². The molecular weight excluding hydrogens is 775 g/mol. The van der Waals surface area contributed by atoms with Gasteiger partial charge in [-0.25, -0.2) is 0 Å². The van der Waals surface area contributed by atoms with Crippen LogP contribution in [0.3, 0.4) is 0 Å². The van der Waals surface area contributed by atoms with Crippen LogP contribution in [-0.2, 0) is 0 Å². The highest BCUT2D eigenvalue weighted by Crippen LogP contribution is 2.43. The standard InChI is InChI=1S/C62H41NO/c1-3-13-48-40-52(29-25-42(48)11-1)45-31-35-54(36-32-45)63(55-37-33-47(34-38-55)57-19-10-20-59-58-18-6-8-22-61(58)64-62(57)59)60-21-7-5-17-56(60)46-27-23-44(24-28-46)50-15-9-16-51(39-50)53-30-26-43-12-2-4-14-49(43)41-53/h1-41H. The molecule has 64 heavy (non-hydrogen) atoms. The summed E-state index contributed by atoms with van der Waals surface area (Å²) in [6, 6.07) is 89.7. The van der Waals surface area contributed by atoms with Crippen molar-refractivity contribution in [1.29, 1.82) is 0 Å². The first-order chi connectivity index (χ1) is 31.7. The van der Waals surface area contributed by atoms with E-state index in [2.05, 4.69) is 241 Å². The number of rotatable bonds is 8. The number of anilines is 3. The Morgan fingerprint density at radius 1 is 0.266 bits per heavy atom. The lowest BCUT2D eigenvalue weighted by Crippen LogP contribution is -2.11. The minimum absolute atomic E-state index is 0.902. The van der Waals surface area contributed by atoms with E-state index < -0.39 is 0 Å². The highest BCUT2D eigenvalue weighted by molar-refractivity contribution is 6.09. The first kappa shape index (κ1) is 37.3. The highest BCUT2D eigenvalue weighted by atomic mass is 16.3. The molecule has 0 aliphatic rings. The molecular formula is C62H41NO. The van der Waals surface area contributed by atoms with Gasteiger partial charge in [0.15, 0.2) is 0 Å². The molecule has 0 saturated heterocycles. The van der Waals surface area contributed by atoms with Crippen LogP contribution < -0.4 is 4.90 Å². The zero-order valence-corrected chi connectivity index (χ0v) is 35.0. The second-order valence-electron chi connectivity index (χ2n) is 16.5. The Labute approximate surface area is 372 Å². The van der Waals surface area contributed by atoms with Gasteiger partial charge in [-0.3, -0.25) is 0 Å². The molecule has 0 N–H and O–H groups in total. The van der Waals surface area contributed by atoms with Gasteiger partial charge in [0.1, 0.15) is 11.2 Å². The van der Waals surface area contributed by atoms with Crippen molar-refractivity contribution in [1.82, 2.24) is 0 Å². The Hall–Kier alpha value is -8.46. The summed E-state index contributed by atoms with van der Waals surface area (Å²) < 4.78 is 6.46. The van der Waals surface area contributed by atoms with Crippen molar-refractivity contribution in [3.63, 3.8) is 0 Å². The Morgan fingerprint density at radius 3 is 1.39 bits per heavy atom. The molecule has 0 spiro atoms. The number of benzene rings is 11. The summed E-state index contributed by atoms with van der Waals surface area (Å²) in [6.45, 7) is 0. The molecule has 0 fully saturated rings. The Balaban J connectivity index is 0.922. The maximum Gasteiger partial charge on any atom is 0.143 e. The number of nitrogens with zero attached hydrogens (tertiary/aromatic N) is 1. The van der Waals surface area contributed by atoms with Gasteiger partial charge in [0.2, 0.25) is 0 Å². The third-order valence-corrected chi connectivity index (χ3v) is 12.7. The number of hydrogen-bond donors (Lipinski definition) is 0. The zero-order chi connectivity index (χ0) is 42.4. The van der Waals surface area contributed by atoms with E-state index in [1.165, 1.54) is 54.9 Å². The Bertz CT molecular complexity index is 3650. The molecule has 0 unspecified atom stereocenters.